The number of alkyl halides is 2. The fraction of sp³-hybridized carbons (Fsp3) is 0.100. The molecule has 1 N–H and O–H groups in total. The summed E-state index contributed by atoms with van der Waals surface area (Å²) in [5.41, 5.74) is 0.490. The number of nitrogens with one attached hydrogen (secondary N) is 1. The van der Waals surface area contributed by atoms with Gasteiger partial charge in [-0.1, -0.05) is 11.6 Å². The molecule has 2 heterocycles. The molecule has 0 radical (unpaired) electrons. The molecule has 1 amide bonds. The topological polar surface area (TPSA) is 91.0 Å². The lowest BCUT2D eigenvalue weighted by molar-refractivity contribution is -0.116. The van der Waals surface area contributed by atoms with Gasteiger partial charge < -0.3 is 10.1 Å². The van der Waals surface area contributed by atoms with Crippen LogP contribution in [0, 0.1) is 5.82 Å². The minimum atomic E-state index is -3.03. The first-order chi connectivity index (χ1) is 15.3. The average molecular weight is 464 g/mol. The summed E-state index contributed by atoms with van der Waals surface area (Å²) < 4.78 is 44.5. The fourth-order valence-electron chi connectivity index (χ4n) is 2.96. The van der Waals surface area contributed by atoms with Gasteiger partial charge in [-0.2, -0.15) is 13.9 Å². The Labute approximate surface area is 182 Å². The van der Waals surface area contributed by atoms with Crippen LogP contribution in [0.25, 0.3) is 16.7 Å². The summed E-state index contributed by atoms with van der Waals surface area (Å²) in [6, 6.07) is 9.26. The molecule has 2 aromatic heterocycles. The highest BCUT2D eigenvalue weighted by Crippen LogP contribution is 2.29. The summed E-state index contributed by atoms with van der Waals surface area (Å²) in [5.74, 6) is -1.22. The third-order valence-electron chi connectivity index (χ3n) is 4.37. The van der Waals surface area contributed by atoms with Crippen molar-refractivity contribution in [2.24, 2.45) is 0 Å². The van der Waals surface area contributed by atoms with Crippen molar-refractivity contribution in [2.75, 3.05) is 5.32 Å². The summed E-state index contributed by atoms with van der Waals surface area (Å²) in [5, 5.41) is 6.69. The van der Waals surface area contributed by atoms with E-state index < -0.39 is 23.9 Å². The molecule has 4 rings (SSSR count). The molecule has 0 atom stereocenters. The van der Waals surface area contributed by atoms with Crippen molar-refractivity contribution in [1.29, 1.82) is 0 Å². The van der Waals surface area contributed by atoms with Crippen LogP contribution in [0.2, 0.25) is 5.02 Å². The Morgan fingerprint density at radius 2 is 1.94 bits per heavy atom. The molecule has 0 saturated carbocycles. The molecule has 4 aromatic rings. The van der Waals surface area contributed by atoms with Crippen molar-refractivity contribution in [3.05, 3.63) is 76.2 Å². The second-order valence-corrected chi connectivity index (χ2v) is 6.93. The third kappa shape index (κ3) is 4.42. The molecule has 32 heavy (non-hydrogen) atoms. The number of amides is 1. The molecule has 2 aromatic carbocycles. The molecule has 12 heteroatoms. The summed E-state index contributed by atoms with van der Waals surface area (Å²) in [7, 11) is 0. The summed E-state index contributed by atoms with van der Waals surface area (Å²) in [6.07, 6.45) is 2.50. The quantitative estimate of drug-likeness (QED) is 0.471. The number of hydrogen-bond donors (Lipinski definition) is 1. The first-order valence-corrected chi connectivity index (χ1v) is 9.43. The molecule has 8 nitrogen and oxygen atoms in total. The predicted octanol–water partition coefficient (Wildman–Crippen LogP) is 3.61. The van der Waals surface area contributed by atoms with Crippen LogP contribution in [0.5, 0.6) is 5.75 Å². The molecule has 0 bridgehead atoms. The Balaban J connectivity index is 1.52. The molecule has 0 unspecified atom stereocenters. The number of halogens is 4. The molecule has 0 aliphatic heterocycles. The average Bonchev–Trinajstić information content (AvgIpc) is 3.17. The monoisotopic (exact) mass is 463 g/mol. The zero-order valence-corrected chi connectivity index (χ0v) is 16.8. The van der Waals surface area contributed by atoms with Gasteiger partial charge in [0.1, 0.15) is 29.8 Å². The van der Waals surface area contributed by atoms with E-state index in [1.807, 2.05) is 0 Å². The Hall–Kier alpha value is -3.86. The van der Waals surface area contributed by atoms with E-state index in [0.29, 0.717) is 5.69 Å². The predicted molar refractivity (Wildman–Crippen MR) is 110 cm³/mol. The number of ether oxygens (including phenoxy) is 1. The molecule has 0 saturated heterocycles. The van der Waals surface area contributed by atoms with Crippen molar-refractivity contribution >= 4 is 34.2 Å². The highest BCUT2D eigenvalue weighted by Gasteiger charge is 2.14. The first-order valence-electron chi connectivity index (χ1n) is 9.05. The molecular weight excluding hydrogens is 451 g/mol. The van der Waals surface area contributed by atoms with Gasteiger partial charge in [0.2, 0.25) is 5.91 Å². The smallest absolute Gasteiger partial charge is 0.387 e. The van der Waals surface area contributed by atoms with Crippen molar-refractivity contribution in [2.45, 2.75) is 13.2 Å². The van der Waals surface area contributed by atoms with Gasteiger partial charge in [-0.3, -0.25) is 14.2 Å². The molecule has 0 fully saturated rings. The van der Waals surface area contributed by atoms with Gasteiger partial charge in [-0.05, 0) is 42.5 Å². The van der Waals surface area contributed by atoms with E-state index in [1.54, 1.807) is 0 Å². The van der Waals surface area contributed by atoms with Crippen LogP contribution in [0.4, 0.5) is 18.9 Å². The van der Waals surface area contributed by atoms with Crippen molar-refractivity contribution in [3.63, 3.8) is 0 Å². The standard InChI is InChI=1S/C20H13ClF3N5O3/c21-15-7-12(3-6-16(15)32-20(23)24)27-17(30)9-28-10-25-18-14(19(28)31)8-26-29(18)13-4-1-11(22)2-5-13/h1-8,10,20H,9H2,(H,27,30). The van der Waals surface area contributed by atoms with Crippen LogP contribution < -0.4 is 15.6 Å². The minimum Gasteiger partial charge on any atom is -0.433 e. The second-order valence-electron chi connectivity index (χ2n) is 6.52. The van der Waals surface area contributed by atoms with Gasteiger partial charge in [0.15, 0.2) is 5.65 Å². The van der Waals surface area contributed by atoms with Gasteiger partial charge in [0.25, 0.3) is 5.56 Å². The zero-order valence-electron chi connectivity index (χ0n) is 16.0. The summed E-state index contributed by atoms with van der Waals surface area (Å²) in [4.78, 5) is 29.3. The molecular formula is C20H13ClF3N5O3. The molecule has 164 valence electrons. The van der Waals surface area contributed by atoms with E-state index in [2.05, 4.69) is 20.1 Å². The van der Waals surface area contributed by atoms with Crippen LogP contribution in [-0.4, -0.2) is 31.9 Å². The van der Waals surface area contributed by atoms with E-state index >= 15 is 0 Å². The van der Waals surface area contributed by atoms with Crippen LogP contribution in [0.1, 0.15) is 0 Å². The maximum Gasteiger partial charge on any atom is 0.387 e. The molecule has 0 spiro atoms. The normalized spacial score (nSPS) is 11.2. The highest BCUT2D eigenvalue weighted by molar-refractivity contribution is 6.32. The number of hydrogen-bond acceptors (Lipinski definition) is 5. The maximum absolute atomic E-state index is 13.1. The third-order valence-corrected chi connectivity index (χ3v) is 4.67. The van der Waals surface area contributed by atoms with E-state index in [4.69, 9.17) is 11.6 Å². The zero-order chi connectivity index (χ0) is 22.8. The van der Waals surface area contributed by atoms with Gasteiger partial charge in [0.05, 0.1) is 16.9 Å². The Morgan fingerprint density at radius 1 is 1.19 bits per heavy atom. The van der Waals surface area contributed by atoms with E-state index in [1.165, 1.54) is 59.7 Å². The van der Waals surface area contributed by atoms with E-state index in [-0.39, 0.29) is 34.0 Å². The molecule has 0 aliphatic rings. The van der Waals surface area contributed by atoms with Crippen LogP contribution >= 0.6 is 11.6 Å². The SMILES string of the molecule is O=C(Cn1cnc2c(cnn2-c2ccc(F)cc2)c1=O)Nc1ccc(OC(F)F)c(Cl)c1. The van der Waals surface area contributed by atoms with Gasteiger partial charge in [-0.25, -0.2) is 14.1 Å². The van der Waals surface area contributed by atoms with Crippen LogP contribution in [0.3, 0.4) is 0 Å². The Bertz CT molecular complexity index is 1360. The number of rotatable bonds is 6. The highest BCUT2D eigenvalue weighted by atomic mass is 35.5. The number of carbonyl (C=O) groups excluding carboxylic acids is 1. The largest absolute Gasteiger partial charge is 0.433 e. The second kappa shape index (κ2) is 8.71. The number of carbonyl (C=O) groups is 1. The van der Waals surface area contributed by atoms with Crippen LogP contribution in [0.15, 0.2) is 59.8 Å². The van der Waals surface area contributed by atoms with Gasteiger partial charge >= 0.3 is 6.61 Å². The first kappa shape index (κ1) is 21.4. The number of fused-ring (bicyclic) bond motifs is 1. The van der Waals surface area contributed by atoms with Crippen LogP contribution in [-0.2, 0) is 11.3 Å². The van der Waals surface area contributed by atoms with Gasteiger partial charge in [0, 0.05) is 5.69 Å². The number of aromatic nitrogens is 4. The van der Waals surface area contributed by atoms with Crippen molar-refractivity contribution < 1.29 is 22.7 Å². The Morgan fingerprint density at radius 3 is 2.62 bits per heavy atom. The van der Waals surface area contributed by atoms with E-state index in [0.717, 1.165) is 4.57 Å². The maximum atomic E-state index is 13.1. The number of nitrogens with zero attached hydrogens (tertiary/aromatic N) is 4. The van der Waals surface area contributed by atoms with Gasteiger partial charge in [-0.15, -0.1) is 0 Å². The van der Waals surface area contributed by atoms with Crippen molar-refractivity contribution in [1.82, 2.24) is 19.3 Å². The van der Waals surface area contributed by atoms with Crippen molar-refractivity contribution in [3.8, 4) is 11.4 Å². The summed E-state index contributed by atoms with van der Waals surface area (Å²) in [6.45, 7) is -3.40. The number of benzene rings is 2. The van der Waals surface area contributed by atoms with E-state index in [9.17, 15) is 22.8 Å². The minimum absolute atomic E-state index is 0.114. The lowest BCUT2D eigenvalue weighted by Gasteiger charge is -2.10. The Kier molecular flexibility index (Phi) is 5.82. The summed E-state index contributed by atoms with van der Waals surface area (Å²) >= 11 is 5.86. The lowest BCUT2D eigenvalue weighted by Crippen LogP contribution is -2.27. The number of anilines is 1. The molecule has 0 aliphatic carbocycles. The lowest BCUT2D eigenvalue weighted by atomic mass is 10.3. The fourth-order valence-corrected chi connectivity index (χ4v) is 3.18.